The predicted molar refractivity (Wildman–Crippen MR) is 109 cm³/mol. The van der Waals surface area contributed by atoms with Crippen LogP contribution in [0.25, 0.3) is 10.9 Å². The SMILES string of the molecule is O=S(=O)(NCc1ccnc2ccccc12)c1ccc(Oc2ccccc2)cc1. The first-order chi connectivity index (χ1) is 13.6. The second kappa shape index (κ2) is 7.80. The first-order valence-corrected chi connectivity index (χ1v) is 10.3. The molecule has 0 saturated heterocycles. The van der Waals surface area contributed by atoms with Crippen molar-refractivity contribution in [3.05, 3.63) is 96.7 Å². The number of rotatable bonds is 6. The molecule has 0 amide bonds. The third kappa shape index (κ3) is 4.03. The summed E-state index contributed by atoms with van der Waals surface area (Å²) in [5.74, 6) is 1.27. The van der Waals surface area contributed by atoms with Gasteiger partial charge in [0.2, 0.25) is 10.0 Å². The average molecular weight is 390 g/mol. The molecular weight excluding hydrogens is 372 g/mol. The van der Waals surface area contributed by atoms with E-state index in [0.717, 1.165) is 16.5 Å². The van der Waals surface area contributed by atoms with Crippen molar-refractivity contribution in [2.45, 2.75) is 11.4 Å². The number of nitrogens with zero attached hydrogens (tertiary/aromatic N) is 1. The summed E-state index contributed by atoms with van der Waals surface area (Å²) in [6.45, 7) is 0.188. The molecule has 140 valence electrons. The molecule has 1 aromatic heterocycles. The quantitative estimate of drug-likeness (QED) is 0.526. The molecule has 5 nitrogen and oxygen atoms in total. The fourth-order valence-electron chi connectivity index (χ4n) is 2.88. The minimum atomic E-state index is -3.64. The highest BCUT2D eigenvalue weighted by molar-refractivity contribution is 7.89. The third-order valence-corrected chi connectivity index (χ3v) is 5.72. The zero-order valence-corrected chi connectivity index (χ0v) is 15.8. The van der Waals surface area contributed by atoms with Gasteiger partial charge in [-0.2, -0.15) is 0 Å². The first-order valence-electron chi connectivity index (χ1n) is 8.77. The van der Waals surface area contributed by atoms with Gasteiger partial charge in [0.05, 0.1) is 10.4 Å². The van der Waals surface area contributed by atoms with Crippen molar-refractivity contribution < 1.29 is 13.2 Å². The van der Waals surface area contributed by atoms with E-state index in [2.05, 4.69) is 9.71 Å². The maximum Gasteiger partial charge on any atom is 0.240 e. The van der Waals surface area contributed by atoms with E-state index in [1.54, 1.807) is 18.3 Å². The smallest absolute Gasteiger partial charge is 0.240 e. The maximum absolute atomic E-state index is 12.6. The average Bonchev–Trinajstić information content (AvgIpc) is 2.73. The molecule has 0 bridgehead atoms. The van der Waals surface area contributed by atoms with E-state index in [1.807, 2.05) is 60.7 Å². The standard InChI is InChI=1S/C22H18N2O3S/c25-28(26,24-16-17-14-15-23-22-9-5-4-8-21(17)22)20-12-10-19(11-13-20)27-18-6-2-1-3-7-18/h1-15,24H,16H2. The number of ether oxygens (including phenoxy) is 1. The summed E-state index contributed by atoms with van der Waals surface area (Å²) in [5.41, 5.74) is 1.71. The molecule has 0 radical (unpaired) electrons. The predicted octanol–water partition coefficient (Wildman–Crippen LogP) is 4.51. The molecule has 0 atom stereocenters. The Balaban J connectivity index is 1.49. The Hall–Kier alpha value is -3.22. The van der Waals surface area contributed by atoms with Gasteiger partial charge in [0, 0.05) is 18.1 Å². The summed E-state index contributed by atoms with van der Waals surface area (Å²) in [6, 6.07) is 25.2. The monoisotopic (exact) mass is 390 g/mol. The molecule has 28 heavy (non-hydrogen) atoms. The first kappa shape index (κ1) is 18.2. The summed E-state index contributed by atoms with van der Waals surface area (Å²) in [6.07, 6.45) is 1.68. The van der Waals surface area contributed by atoms with Crippen molar-refractivity contribution in [3.8, 4) is 11.5 Å². The molecule has 0 saturated carbocycles. The Morgan fingerprint density at radius 1 is 0.786 bits per heavy atom. The van der Waals surface area contributed by atoms with E-state index in [1.165, 1.54) is 12.1 Å². The molecule has 0 spiro atoms. The fraction of sp³-hybridized carbons (Fsp3) is 0.0455. The molecular formula is C22H18N2O3S. The number of para-hydroxylation sites is 2. The van der Waals surface area contributed by atoms with E-state index in [4.69, 9.17) is 4.74 Å². The molecule has 4 aromatic rings. The molecule has 0 aliphatic carbocycles. The Bertz CT molecular complexity index is 1190. The molecule has 0 aliphatic rings. The Morgan fingerprint density at radius 3 is 2.25 bits per heavy atom. The molecule has 3 aromatic carbocycles. The summed E-state index contributed by atoms with van der Waals surface area (Å²) in [4.78, 5) is 4.48. The lowest BCUT2D eigenvalue weighted by atomic mass is 10.1. The normalized spacial score (nSPS) is 11.4. The van der Waals surface area contributed by atoms with Gasteiger partial charge in [0.1, 0.15) is 11.5 Å². The van der Waals surface area contributed by atoms with Crippen molar-refractivity contribution in [3.63, 3.8) is 0 Å². The van der Waals surface area contributed by atoms with Gasteiger partial charge in [-0.05, 0) is 54.1 Å². The largest absolute Gasteiger partial charge is 0.457 e. The number of nitrogens with one attached hydrogen (secondary N) is 1. The third-order valence-electron chi connectivity index (χ3n) is 4.30. The van der Waals surface area contributed by atoms with Crippen LogP contribution in [0.4, 0.5) is 0 Å². The number of benzene rings is 3. The van der Waals surface area contributed by atoms with Gasteiger partial charge < -0.3 is 4.74 Å². The van der Waals surface area contributed by atoms with Crippen molar-refractivity contribution >= 4 is 20.9 Å². The topological polar surface area (TPSA) is 68.3 Å². The molecule has 0 unspecified atom stereocenters. The Labute approximate surface area is 163 Å². The lowest BCUT2D eigenvalue weighted by Gasteiger charge is -2.10. The minimum Gasteiger partial charge on any atom is -0.457 e. The van der Waals surface area contributed by atoms with Crippen LogP contribution in [0.2, 0.25) is 0 Å². The molecule has 1 N–H and O–H groups in total. The van der Waals surface area contributed by atoms with Crippen molar-refractivity contribution in [1.29, 1.82) is 0 Å². The van der Waals surface area contributed by atoms with Crippen LogP contribution in [-0.2, 0) is 16.6 Å². The molecule has 0 aliphatic heterocycles. The summed E-state index contributed by atoms with van der Waals surface area (Å²) in [7, 11) is -3.64. The lowest BCUT2D eigenvalue weighted by molar-refractivity contribution is 0.482. The van der Waals surface area contributed by atoms with Crippen LogP contribution in [0.15, 0.2) is 96.0 Å². The van der Waals surface area contributed by atoms with Crippen molar-refractivity contribution in [2.75, 3.05) is 0 Å². The number of fused-ring (bicyclic) bond motifs is 1. The summed E-state index contributed by atoms with van der Waals surface area (Å²) >= 11 is 0. The van der Waals surface area contributed by atoms with Gasteiger partial charge in [-0.3, -0.25) is 4.98 Å². The molecule has 1 heterocycles. The number of hydrogen-bond acceptors (Lipinski definition) is 4. The zero-order chi connectivity index (χ0) is 19.4. The van der Waals surface area contributed by atoms with E-state index < -0.39 is 10.0 Å². The van der Waals surface area contributed by atoms with Crippen LogP contribution in [0, 0.1) is 0 Å². The van der Waals surface area contributed by atoms with E-state index in [-0.39, 0.29) is 11.4 Å². The fourth-order valence-corrected chi connectivity index (χ4v) is 3.88. The minimum absolute atomic E-state index is 0.186. The highest BCUT2D eigenvalue weighted by atomic mass is 32.2. The maximum atomic E-state index is 12.6. The van der Waals surface area contributed by atoms with Crippen molar-refractivity contribution in [2.24, 2.45) is 0 Å². The summed E-state index contributed by atoms with van der Waals surface area (Å²) in [5, 5.41) is 0.930. The Morgan fingerprint density at radius 2 is 1.46 bits per heavy atom. The van der Waals surface area contributed by atoms with Crippen molar-refractivity contribution in [1.82, 2.24) is 9.71 Å². The van der Waals surface area contributed by atoms with Gasteiger partial charge in [-0.15, -0.1) is 0 Å². The molecule has 0 fully saturated rings. The highest BCUT2D eigenvalue weighted by Crippen LogP contribution is 2.23. The van der Waals surface area contributed by atoms with Gasteiger partial charge in [-0.25, -0.2) is 13.1 Å². The zero-order valence-electron chi connectivity index (χ0n) is 14.9. The number of aromatic nitrogens is 1. The Kier molecular flexibility index (Phi) is 5.06. The van der Waals surface area contributed by atoms with Crippen LogP contribution in [0.5, 0.6) is 11.5 Å². The summed E-state index contributed by atoms with van der Waals surface area (Å²) < 4.78 is 33.6. The van der Waals surface area contributed by atoms with Gasteiger partial charge in [0.25, 0.3) is 0 Å². The number of sulfonamides is 1. The van der Waals surface area contributed by atoms with Crippen LogP contribution in [-0.4, -0.2) is 13.4 Å². The van der Waals surface area contributed by atoms with Crippen LogP contribution >= 0.6 is 0 Å². The second-order valence-corrected chi connectivity index (χ2v) is 7.97. The van der Waals surface area contributed by atoms with Gasteiger partial charge in [0.15, 0.2) is 0 Å². The van der Waals surface area contributed by atoms with Gasteiger partial charge >= 0.3 is 0 Å². The van der Waals surface area contributed by atoms with E-state index >= 15 is 0 Å². The number of hydrogen-bond donors (Lipinski definition) is 1. The van der Waals surface area contributed by atoms with Crippen LogP contribution in [0.1, 0.15) is 5.56 Å². The molecule has 6 heteroatoms. The highest BCUT2D eigenvalue weighted by Gasteiger charge is 2.14. The number of pyridine rings is 1. The second-order valence-electron chi connectivity index (χ2n) is 6.20. The van der Waals surface area contributed by atoms with E-state index in [9.17, 15) is 8.42 Å². The van der Waals surface area contributed by atoms with Crippen LogP contribution < -0.4 is 9.46 Å². The van der Waals surface area contributed by atoms with Crippen LogP contribution in [0.3, 0.4) is 0 Å². The van der Waals surface area contributed by atoms with E-state index in [0.29, 0.717) is 11.5 Å². The van der Waals surface area contributed by atoms with Gasteiger partial charge in [-0.1, -0.05) is 36.4 Å². The lowest BCUT2D eigenvalue weighted by Crippen LogP contribution is -2.23. The molecule has 4 rings (SSSR count).